The van der Waals surface area contributed by atoms with Crippen molar-refractivity contribution in [2.45, 2.75) is 13.0 Å². The number of esters is 3. The second-order valence-electron chi connectivity index (χ2n) is 5.52. The number of hydrogen-bond acceptors (Lipinski definition) is 7. The molecule has 0 bridgehead atoms. The number of rotatable bonds is 7. The molecule has 0 fully saturated rings. The highest BCUT2D eigenvalue weighted by atomic mass is 19.1. The van der Waals surface area contributed by atoms with E-state index in [1.807, 2.05) is 0 Å². The van der Waals surface area contributed by atoms with Crippen LogP contribution in [-0.2, 0) is 28.6 Å². The smallest absolute Gasteiger partial charge is 0.328 e. The van der Waals surface area contributed by atoms with Crippen molar-refractivity contribution in [2.75, 3.05) is 21.3 Å². The van der Waals surface area contributed by atoms with Crippen molar-refractivity contribution in [2.24, 2.45) is 11.8 Å². The molecule has 148 valence electrons. The van der Waals surface area contributed by atoms with E-state index >= 15 is 0 Å². The Kier molecular flexibility index (Phi) is 7.82. The minimum Gasteiger partial charge on any atom is -0.468 e. The standard InChI is InChI=1S/C17H19F2NO7/c1-8(12(15(22)25-2)16(23)26-3)13(17(24)27-4)20-14(21)9-5-10(18)7-11(19)6-9/h5-8,12-13H,1-4H3,(H,20,21)/t8-,13-/m0/s1. The molecule has 1 aromatic rings. The monoisotopic (exact) mass is 387 g/mol. The summed E-state index contributed by atoms with van der Waals surface area (Å²) in [6.07, 6.45) is 0. The van der Waals surface area contributed by atoms with E-state index in [1.54, 1.807) is 0 Å². The van der Waals surface area contributed by atoms with Crippen LogP contribution in [0, 0.1) is 23.5 Å². The first-order chi connectivity index (χ1) is 12.7. The lowest BCUT2D eigenvalue weighted by molar-refractivity contribution is -0.162. The molecular weight excluding hydrogens is 368 g/mol. The Morgan fingerprint density at radius 2 is 1.30 bits per heavy atom. The number of carbonyl (C=O) groups excluding carboxylic acids is 4. The van der Waals surface area contributed by atoms with Crippen LogP contribution in [0.1, 0.15) is 17.3 Å². The Labute approximate surface area is 153 Å². The van der Waals surface area contributed by atoms with E-state index < -0.39 is 58.9 Å². The summed E-state index contributed by atoms with van der Waals surface area (Å²) in [7, 11) is 3.10. The number of halogens is 2. The zero-order valence-electron chi connectivity index (χ0n) is 15.1. The minimum atomic E-state index is -1.55. The van der Waals surface area contributed by atoms with Gasteiger partial charge in [-0.05, 0) is 12.1 Å². The van der Waals surface area contributed by atoms with Crippen molar-refractivity contribution in [3.05, 3.63) is 35.4 Å². The fourth-order valence-electron chi connectivity index (χ4n) is 2.41. The van der Waals surface area contributed by atoms with E-state index in [1.165, 1.54) is 6.92 Å². The number of benzene rings is 1. The lowest BCUT2D eigenvalue weighted by atomic mass is 9.87. The third-order valence-corrected chi connectivity index (χ3v) is 3.83. The predicted octanol–water partition coefficient (Wildman–Crippen LogP) is 0.834. The topological polar surface area (TPSA) is 108 Å². The molecule has 0 saturated heterocycles. The van der Waals surface area contributed by atoms with Gasteiger partial charge in [0.15, 0.2) is 5.92 Å². The molecule has 0 unspecified atom stereocenters. The van der Waals surface area contributed by atoms with Crippen molar-refractivity contribution < 1.29 is 42.2 Å². The fourth-order valence-corrected chi connectivity index (χ4v) is 2.41. The number of hydrogen-bond donors (Lipinski definition) is 1. The summed E-state index contributed by atoms with van der Waals surface area (Å²) in [5.41, 5.74) is -0.402. The van der Waals surface area contributed by atoms with Crippen LogP contribution in [0.15, 0.2) is 18.2 Å². The molecule has 0 heterocycles. The van der Waals surface area contributed by atoms with Crippen LogP contribution in [0.2, 0.25) is 0 Å². The summed E-state index contributed by atoms with van der Waals surface area (Å²) >= 11 is 0. The van der Waals surface area contributed by atoms with Crippen LogP contribution in [0.25, 0.3) is 0 Å². The molecule has 10 heteroatoms. The molecule has 0 saturated carbocycles. The highest BCUT2D eigenvalue weighted by Crippen LogP contribution is 2.21. The Hall–Kier alpha value is -3.04. The van der Waals surface area contributed by atoms with E-state index in [-0.39, 0.29) is 0 Å². The lowest BCUT2D eigenvalue weighted by Crippen LogP contribution is -2.51. The zero-order chi connectivity index (χ0) is 20.7. The summed E-state index contributed by atoms with van der Waals surface area (Å²) in [4.78, 5) is 48.2. The number of carbonyl (C=O) groups is 4. The van der Waals surface area contributed by atoms with E-state index in [9.17, 15) is 28.0 Å². The fraction of sp³-hybridized carbons (Fsp3) is 0.412. The summed E-state index contributed by atoms with van der Waals surface area (Å²) in [5.74, 6) is -8.67. The molecule has 0 aromatic heterocycles. The Bertz CT molecular complexity index is 702. The molecule has 1 amide bonds. The van der Waals surface area contributed by atoms with Crippen LogP contribution in [0.3, 0.4) is 0 Å². The Balaban J connectivity index is 3.20. The normalized spacial score (nSPS) is 12.7. The molecule has 27 heavy (non-hydrogen) atoms. The van der Waals surface area contributed by atoms with E-state index in [0.29, 0.717) is 6.07 Å². The van der Waals surface area contributed by atoms with Gasteiger partial charge >= 0.3 is 17.9 Å². The van der Waals surface area contributed by atoms with Gasteiger partial charge in [0.25, 0.3) is 5.91 Å². The second-order valence-corrected chi connectivity index (χ2v) is 5.52. The molecule has 8 nitrogen and oxygen atoms in total. The first kappa shape index (κ1) is 22.0. The summed E-state index contributed by atoms with van der Waals surface area (Å²) < 4.78 is 40.3. The first-order valence-electron chi connectivity index (χ1n) is 7.66. The molecule has 1 N–H and O–H groups in total. The van der Waals surface area contributed by atoms with Crippen LogP contribution >= 0.6 is 0 Å². The van der Waals surface area contributed by atoms with Gasteiger partial charge in [-0.25, -0.2) is 13.6 Å². The molecule has 1 aromatic carbocycles. The highest BCUT2D eigenvalue weighted by molar-refractivity contribution is 5.99. The molecular formula is C17H19F2NO7. The maximum atomic E-state index is 13.3. The molecule has 1 rings (SSSR count). The van der Waals surface area contributed by atoms with Gasteiger partial charge in [0.05, 0.1) is 21.3 Å². The second kappa shape index (κ2) is 9.60. The van der Waals surface area contributed by atoms with E-state index in [4.69, 9.17) is 0 Å². The predicted molar refractivity (Wildman–Crippen MR) is 86.3 cm³/mol. The summed E-state index contributed by atoms with van der Waals surface area (Å²) in [5, 5.41) is 2.21. The van der Waals surface area contributed by atoms with Gasteiger partial charge in [-0.2, -0.15) is 0 Å². The van der Waals surface area contributed by atoms with Crippen LogP contribution in [-0.4, -0.2) is 51.2 Å². The molecule has 0 aliphatic carbocycles. The van der Waals surface area contributed by atoms with Crippen molar-refractivity contribution in [1.82, 2.24) is 5.32 Å². The largest absolute Gasteiger partial charge is 0.468 e. The number of amides is 1. The maximum Gasteiger partial charge on any atom is 0.328 e. The number of methoxy groups -OCH3 is 3. The number of nitrogens with one attached hydrogen (secondary N) is 1. The molecule has 0 aliphatic rings. The quantitative estimate of drug-likeness (QED) is 0.419. The van der Waals surface area contributed by atoms with Crippen molar-refractivity contribution >= 4 is 23.8 Å². The zero-order valence-corrected chi connectivity index (χ0v) is 15.1. The van der Waals surface area contributed by atoms with Gasteiger partial charge in [0, 0.05) is 17.5 Å². The van der Waals surface area contributed by atoms with E-state index in [2.05, 4.69) is 19.5 Å². The van der Waals surface area contributed by atoms with Crippen LogP contribution in [0.5, 0.6) is 0 Å². The van der Waals surface area contributed by atoms with Crippen molar-refractivity contribution in [3.8, 4) is 0 Å². The van der Waals surface area contributed by atoms with Gasteiger partial charge in [-0.3, -0.25) is 14.4 Å². The van der Waals surface area contributed by atoms with Crippen molar-refractivity contribution in [3.63, 3.8) is 0 Å². The van der Waals surface area contributed by atoms with E-state index in [0.717, 1.165) is 33.5 Å². The molecule has 0 radical (unpaired) electrons. The van der Waals surface area contributed by atoms with Gasteiger partial charge in [-0.15, -0.1) is 0 Å². The average molecular weight is 387 g/mol. The van der Waals surface area contributed by atoms with Gasteiger partial charge in [-0.1, -0.05) is 6.92 Å². The van der Waals surface area contributed by atoms with Gasteiger partial charge < -0.3 is 19.5 Å². The third-order valence-electron chi connectivity index (χ3n) is 3.83. The van der Waals surface area contributed by atoms with Gasteiger partial charge in [0.2, 0.25) is 0 Å². The maximum absolute atomic E-state index is 13.3. The Morgan fingerprint density at radius 1 is 0.852 bits per heavy atom. The third kappa shape index (κ3) is 5.47. The first-order valence-corrected chi connectivity index (χ1v) is 7.66. The lowest BCUT2D eigenvalue weighted by Gasteiger charge is -2.27. The van der Waals surface area contributed by atoms with Gasteiger partial charge in [0.1, 0.15) is 17.7 Å². The summed E-state index contributed by atoms with van der Waals surface area (Å²) in [6, 6.07) is 0.587. The SMILES string of the molecule is COC(=O)C(C(=O)OC)[C@H](C)[C@H](NC(=O)c1cc(F)cc(F)c1)C(=O)OC. The summed E-state index contributed by atoms with van der Waals surface area (Å²) in [6.45, 7) is 1.31. The van der Waals surface area contributed by atoms with Crippen LogP contribution in [0.4, 0.5) is 8.78 Å². The molecule has 2 atom stereocenters. The minimum absolute atomic E-state index is 0.402. The average Bonchev–Trinajstić information content (AvgIpc) is 2.63. The van der Waals surface area contributed by atoms with Crippen LogP contribution < -0.4 is 5.32 Å². The highest BCUT2D eigenvalue weighted by Gasteiger charge is 2.42. The molecule has 0 aliphatic heterocycles. The number of ether oxygens (including phenoxy) is 3. The molecule has 0 spiro atoms. The Morgan fingerprint density at radius 3 is 1.70 bits per heavy atom. The van der Waals surface area contributed by atoms with Crippen molar-refractivity contribution in [1.29, 1.82) is 0 Å².